The highest BCUT2D eigenvalue weighted by molar-refractivity contribution is 7.97. The topological polar surface area (TPSA) is 12.0 Å². The Bertz CT molecular complexity index is 790. The fraction of sp³-hybridized carbons (Fsp3) is 0. The molecule has 0 unspecified atom stereocenters. The van der Waals surface area contributed by atoms with E-state index in [1.165, 1.54) is 32.0 Å². The van der Waals surface area contributed by atoms with Crippen LogP contribution in [0, 0.1) is 0 Å². The van der Waals surface area contributed by atoms with Gasteiger partial charge in [-0.05, 0) is 51.2 Å². The Morgan fingerprint density at radius 1 is 0.778 bits per heavy atom. The van der Waals surface area contributed by atoms with E-state index in [2.05, 4.69) is 59.3 Å². The summed E-state index contributed by atoms with van der Waals surface area (Å²) in [7, 11) is 0. The third kappa shape index (κ3) is 1.36. The summed E-state index contributed by atoms with van der Waals surface area (Å²) in [5, 5.41) is 5.29. The molecule has 1 aliphatic heterocycles. The van der Waals surface area contributed by atoms with E-state index >= 15 is 0 Å². The molecular formula is C16H11NS. The highest BCUT2D eigenvalue weighted by atomic mass is 32.2. The lowest BCUT2D eigenvalue weighted by molar-refractivity contribution is 1.34. The molecule has 4 rings (SSSR count). The maximum absolute atomic E-state index is 3.18. The van der Waals surface area contributed by atoms with E-state index in [1.54, 1.807) is 11.9 Å². The molecule has 0 aromatic heterocycles. The molecule has 0 spiro atoms. The van der Waals surface area contributed by atoms with Crippen molar-refractivity contribution in [1.82, 2.24) is 4.72 Å². The van der Waals surface area contributed by atoms with Crippen LogP contribution in [0.5, 0.6) is 0 Å². The smallest absolute Gasteiger partial charge is 0.0364 e. The Morgan fingerprint density at radius 2 is 1.67 bits per heavy atom. The molecule has 0 saturated carbocycles. The standard InChI is InChI=1S/C16H11NS/c1-2-4-12-11(3-1)5-6-14-13(12)7-8-16-15(14)9-10-17-18-16/h1-10,17H. The average molecular weight is 249 g/mol. The van der Waals surface area contributed by atoms with Crippen LogP contribution in [0.15, 0.2) is 59.6 Å². The van der Waals surface area contributed by atoms with Crippen molar-refractivity contribution in [1.29, 1.82) is 0 Å². The van der Waals surface area contributed by atoms with Crippen LogP contribution in [0.25, 0.3) is 27.6 Å². The number of nitrogens with one attached hydrogen (secondary N) is 1. The zero-order valence-electron chi connectivity index (χ0n) is 9.68. The first-order valence-corrected chi connectivity index (χ1v) is 6.78. The molecule has 1 nitrogen and oxygen atoms in total. The van der Waals surface area contributed by atoms with Crippen molar-refractivity contribution in [2.75, 3.05) is 0 Å². The van der Waals surface area contributed by atoms with E-state index < -0.39 is 0 Å². The molecule has 3 aromatic carbocycles. The van der Waals surface area contributed by atoms with Crippen molar-refractivity contribution in [3.8, 4) is 0 Å². The predicted molar refractivity (Wildman–Crippen MR) is 79.5 cm³/mol. The van der Waals surface area contributed by atoms with Crippen LogP contribution < -0.4 is 4.72 Å². The summed E-state index contributed by atoms with van der Waals surface area (Å²) < 4.78 is 3.18. The molecule has 0 fully saturated rings. The van der Waals surface area contributed by atoms with Crippen molar-refractivity contribution in [2.24, 2.45) is 0 Å². The number of hydrogen-bond acceptors (Lipinski definition) is 2. The summed E-state index contributed by atoms with van der Waals surface area (Å²) >= 11 is 1.67. The first kappa shape index (κ1) is 10.0. The lowest BCUT2D eigenvalue weighted by atomic mass is 9.98. The third-order valence-electron chi connectivity index (χ3n) is 3.41. The fourth-order valence-electron chi connectivity index (χ4n) is 2.57. The molecule has 1 heterocycles. The van der Waals surface area contributed by atoms with Crippen molar-refractivity contribution in [3.63, 3.8) is 0 Å². The van der Waals surface area contributed by atoms with Gasteiger partial charge in [-0.25, -0.2) is 0 Å². The second-order valence-corrected chi connectivity index (χ2v) is 5.29. The van der Waals surface area contributed by atoms with Gasteiger partial charge in [0, 0.05) is 11.1 Å². The molecule has 0 radical (unpaired) electrons. The monoisotopic (exact) mass is 249 g/mol. The predicted octanol–water partition coefficient (Wildman–Crippen LogP) is 4.57. The van der Waals surface area contributed by atoms with Crippen LogP contribution in [0.1, 0.15) is 5.56 Å². The van der Waals surface area contributed by atoms with Crippen LogP contribution in [0.2, 0.25) is 0 Å². The van der Waals surface area contributed by atoms with Crippen molar-refractivity contribution >= 4 is 39.6 Å². The number of rotatable bonds is 0. The van der Waals surface area contributed by atoms with Gasteiger partial charge in [-0.3, -0.25) is 0 Å². The van der Waals surface area contributed by atoms with E-state index in [4.69, 9.17) is 0 Å². The molecule has 3 aromatic rings. The molecule has 1 N–H and O–H groups in total. The van der Waals surface area contributed by atoms with Gasteiger partial charge in [0.25, 0.3) is 0 Å². The molecule has 18 heavy (non-hydrogen) atoms. The normalized spacial score (nSPS) is 13.6. The second kappa shape index (κ2) is 3.79. The lowest BCUT2D eigenvalue weighted by Crippen LogP contribution is -1.98. The Hall–Kier alpha value is -1.93. The second-order valence-electron chi connectivity index (χ2n) is 4.41. The Balaban J connectivity index is 2.20. The van der Waals surface area contributed by atoms with Crippen molar-refractivity contribution < 1.29 is 0 Å². The van der Waals surface area contributed by atoms with E-state index in [1.807, 2.05) is 6.20 Å². The minimum absolute atomic E-state index is 1.29. The zero-order valence-corrected chi connectivity index (χ0v) is 10.5. The highest BCUT2D eigenvalue weighted by Crippen LogP contribution is 2.35. The van der Waals surface area contributed by atoms with Gasteiger partial charge in [-0.2, -0.15) is 0 Å². The van der Waals surface area contributed by atoms with Gasteiger partial charge in [-0.15, -0.1) is 0 Å². The summed E-state index contributed by atoms with van der Waals surface area (Å²) in [5.41, 5.74) is 1.32. The van der Waals surface area contributed by atoms with Gasteiger partial charge >= 0.3 is 0 Å². The number of hydrogen-bond donors (Lipinski definition) is 1. The van der Waals surface area contributed by atoms with Gasteiger partial charge in [0.15, 0.2) is 0 Å². The maximum atomic E-state index is 3.18. The van der Waals surface area contributed by atoms with Gasteiger partial charge in [-0.1, -0.05) is 42.5 Å². The molecule has 0 atom stereocenters. The number of benzene rings is 3. The van der Waals surface area contributed by atoms with Crippen LogP contribution >= 0.6 is 11.9 Å². The Labute approximate surface area is 110 Å². The summed E-state index contributed by atoms with van der Waals surface area (Å²) in [6, 6.07) is 17.4. The first-order chi connectivity index (χ1) is 8.93. The van der Waals surface area contributed by atoms with Crippen molar-refractivity contribution in [2.45, 2.75) is 4.90 Å². The van der Waals surface area contributed by atoms with Crippen LogP contribution in [-0.2, 0) is 0 Å². The minimum Gasteiger partial charge on any atom is -0.332 e. The SMILES string of the molecule is C1=Cc2c(ccc3c2ccc2ccccc23)SN1. The molecule has 0 bridgehead atoms. The molecule has 1 aliphatic rings. The maximum Gasteiger partial charge on any atom is 0.0364 e. The van der Waals surface area contributed by atoms with Gasteiger partial charge < -0.3 is 4.72 Å². The van der Waals surface area contributed by atoms with E-state index in [9.17, 15) is 0 Å². The largest absolute Gasteiger partial charge is 0.332 e. The van der Waals surface area contributed by atoms with Crippen LogP contribution in [0.3, 0.4) is 0 Å². The van der Waals surface area contributed by atoms with E-state index in [0.29, 0.717) is 0 Å². The van der Waals surface area contributed by atoms with Gasteiger partial charge in [0.1, 0.15) is 0 Å². The lowest BCUT2D eigenvalue weighted by Gasteiger charge is -2.14. The van der Waals surface area contributed by atoms with Crippen LogP contribution in [-0.4, -0.2) is 0 Å². The summed E-state index contributed by atoms with van der Waals surface area (Å²) in [4.78, 5) is 1.29. The molecule has 86 valence electrons. The average Bonchev–Trinajstić information content (AvgIpc) is 2.46. The Kier molecular flexibility index (Phi) is 2.11. The third-order valence-corrected chi connectivity index (χ3v) is 4.24. The van der Waals surface area contributed by atoms with Gasteiger partial charge in [0.05, 0.1) is 0 Å². The summed E-state index contributed by atoms with van der Waals surface area (Å²) in [6.45, 7) is 0. The summed E-state index contributed by atoms with van der Waals surface area (Å²) in [6.07, 6.45) is 4.16. The molecule has 0 aliphatic carbocycles. The first-order valence-electron chi connectivity index (χ1n) is 5.97. The quantitative estimate of drug-likeness (QED) is 0.462. The van der Waals surface area contributed by atoms with Crippen molar-refractivity contribution in [3.05, 3.63) is 60.3 Å². The Morgan fingerprint density at radius 3 is 2.67 bits per heavy atom. The highest BCUT2D eigenvalue weighted by Gasteiger charge is 2.10. The van der Waals surface area contributed by atoms with E-state index in [0.717, 1.165) is 0 Å². The van der Waals surface area contributed by atoms with E-state index in [-0.39, 0.29) is 0 Å². The minimum atomic E-state index is 1.29. The molecule has 0 saturated heterocycles. The van der Waals surface area contributed by atoms with Gasteiger partial charge in [0.2, 0.25) is 0 Å². The zero-order chi connectivity index (χ0) is 11.9. The van der Waals surface area contributed by atoms with Crippen LogP contribution in [0.4, 0.5) is 0 Å². The molecular weight excluding hydrogens is 238 g/mol. The molecule has 0 amide bonds. The summed E-state index contributed by atoms with van der Waals surface area (Å²) in [5.74, 6) is 0. The fourth-order valence-corrected chi connectivity index (χ4v) is 3.25. The number of fused-ring (bicyclic) bond motifs is 5. The molecule has 2 heteroatoms.